The molecular weight excluding hydrogens is 357 g/mol. The highest BCUT2D eigenvalue weighted by Crippen LogP contribution is 2.20. The van der Waals surface area contributed by atoms with E-state index in [4.69, 9.17) is 11.6 Å². The van der Waals surface area contributed by atoms with E-state index in [9.17, 15) is 14.0 Å². The van der Waals surface area contributed by atoms with Gasteiger partial charge in [0.25, 0.3) is 5.56 Å². The minimum atomic E-state index is -0.580. The van der Waals surface area contributed by atoms with Gasteiger partial charge in [-0.25, -0.2) is 9.07 Å². The molecule has 0 saturated carbocycles. The zero-order valence-electron chi connectivity index (χ0n) is 14.7. The highest BCUT2D eigenvalue weighted by molar-refractivity contribution is 6.30. The maximum absolute atomic E-state index is 13.7. The molecule has 0 spiro atoms. The third-order valence-electron chi connectivity index (χ3n) is 3.94. The van der Waals surface area contributed by atoms with Gasteiger partial charge in [-0.1, -0.05) is 17.7 Å². The maximum atomic E-state index is 13.7. The molecule has 5 nitrogen and oxygen atoms in total. The van der Waals surface area contributed by atoms with E-state index in [0.29, 0.717) is 21.6 Å². The predicted molar refractivity (Wildman–Crippen MR) is 101 cm³/mol. The maximum Gasteiger partial charge on any atom is 0.275 e. The lowest BCUT2D eigenvalue weighted by molar-refractivity contribution is -0.117. The van der Waals surface area contributed by atoms with Gasteiger partial charge < -0.3 is 5.32 Å². The van der Waals surface area contributed by atoms with E-state index in [0.717, 1.165) is 0 Å². The number of anilines is 1. The van der Waals surface area contributed by atoms with Crippen molar-refractivity contribution in [2.45, 2.75) is 32.9 Å². The Labute approximate surface area is 155 Å². The molecule has 0 aliphatic carbocycles. The van der Waals surface area contributed by atoms with Crippen molar-refractivity contribution < 1.29 is 9.18 Å². The van der Waals surface area contributed by atoms with Gasteiger partial charge in [0, 0.05) is 10.7 Å². The van der Waals surface area contributed by atoms with Crippen molar-refractivity contribution >= 4 is 34.1 Å². The van der Waals surface area contributed by atoms with E-state index in [1.807, 2.05) is 20.8 Å². The van der Waals surface area contributed by atoms with E-state index in [-0.39, 0.29) is 18.0 Å². The second-order valence-corrected chi connectivity index (χ2v) is 7.50. The van der Waals surface area contributed by atoms with Crippen LogP contribution in [0.1, 0.15) is 20.8 Å². The molecule has 3 rings (SSSR count). The molecule has 136 valence electrons. The summed E-state index contributed by atoms with van der Waals surface area (Å²) in [7, 11) is 0. The molecule has 2 aromatic carbocycles. The number of rotatable bonds is 3. The topological polar surface area (TPSA) is 56.0 Å². The number of nitrogens with zero attached hydrogens (tertiary/aromatic N) is 2. The van der Waals surface area contributed by atoms with Crippen LogP contribution in [0.15, 0.2) is 47.3 Å². The van der Waals surface area contributed by atoms with Gasteiger partial charge >= 0.3 is 0 Å². The molecule has 1 N–H and O–H groups in total. The van der Waals surface area contributed by atoms with Crippen LogP contribution in [0.3, 0.4) is 0 Å². The number of aromatic nitrogens is 2. The predicted octanol–water partition coefficient (Wildman–Crippen LogP) is 3.99. The fourth-order valence-corrected chi connectivity index (χ4v) is 3.15. The fourth-order valence-electron chi connectivity index (χ4n) is 2.96. The van der Waals surface area contributed by atoms with Gasteiger partial charge in [0.2, 0.25) is 5.91 Å². The number of benzene rings is 2. The van der Waals surface area contributed by atoms with Gasteiger partial charge in [0.1, 0.15) is 12.4 Å². The average molecular weight is 376 g/mol. The number of halogens is 2. The number of fused-ring (bicyclic) bond motifs is 1. The van der Waals surface area contributed by atoms with Gasteiger partial charge in [0.15, 0.2) is 0 Å². The Morgan fingerprint density at radius 3 is 2.58 bits per heavy atom. The SMILES string of the molecule is CC(C)(C)n1c(=O)c2ccc(F)cc2n1CC(=O)Nc1cccc(Cl)c1. The lowest BCUT2D eigenvalue weighted by Gasteiger charge is -2.24. The molecule has 7 heteroatoms. The lowest BCUT2D eigenvalue weighted by atomic mass is 10.1. The molecule has 1 amide bonds. The molecule has 0 aliphatic heterocycles. The standard InChI is InChI=1S/C19H19ClFN3O2/c1-19(2,3)24-18(26)15-8-7-13(21)10-16(15)23(24)11-17(25)22-14-6-4-5-12(20)9-14/h4-10H,11H2,1-3H3,(H,22,25). The number of hydrogen-bond donors (Lipinski definition) is 1. The van der Waals surface area contributed by atoms with E-state index in [1.54, 1.807) is 24.3 Å². The second kappa shape index (κ2) is 6.61. The highest BCUT2D eigenvalue weighted by atomic mass is 35.5. The molecule has 1 aromatic heterocycles. The number of carbonyl (C=O) groups excluding carboxylic acids is 1. The summed E-state index contributed by atoms with van der Waals surface area (Å²) >= 11 is 5.93. The third kappa shape index (κ3) is 3.51. The first kappa shape index (κ1) is 18.2. The van der Waals surface area contributed by atoms with Crippen molar-refractivity contribution in [3.63, 3.8) is 0 Å². The number of hydrogen-bond acceptors (Lipinski definition) is 2. The molecule has 0 bridgehead atoms. The first-order valence-corrected chi connectivity index (χ1v) is 8.51. The zero-order valence-corrected chi connectivity index (χ0v) is 15.5. The summed E-state index contributed by atoms with van der Waals surface area (Å²) in [6.45, 7) is 5.44. The van der Waals surface area contributed by atoms with Crippen molar-refractivity contribution in [2.75, 3.05) is 5.32 Å². The number of amides is 1. The van der Waals surface area contributed by atoms with Gasteiger partial charge in [-0.3, -0.25) is 14.3 Å². The van der Waals surface area contributed by atoms with Crippen molar-refractivity contribution in [3.8, 4) is 0 Å². The molecule has 0 atom stereocenters. The number of carbonyl (C=O) groups is 1. The highest BCUT2D eigenvalue weighted by Gasteiger charge is 2.24. The summed E-state index contributed by atoms with van der Waals surface area (Å²) in [5, 5.41) is 3.62. The Balaban J connectivity index is 2.04. The van der Waals surface area contributed by atoms with Crippen LogP contribution in [0, 0.1) is 5.82 Å². The van der Waals surface area contributed by atoms with E-state index >= 15 is 0 Å². The van der Waals surface area contributed by atoms with Crippen molar-refractivity contribution in [1.29, 1.82) is 0 Å². The van der Waals surface area contributed by atoms with Gasteiger partial charge in [-0.15, -0.1) is 0 Å². The summed E-state index contributed by atoms with van der Waals surface area (Å²) < 4.78 is 16.7. The molecule has 1 heterocycles. The first-order valence-electron chi connectivity index (χ1n) is 8.14. The van der Waals surface area contributed by atoms with Crippen LogP contribution >= 0.6 is 11.6 Å². The van der Waals surface area contributed by atoms with Crippen LogP contribution in [-0.2, 0) is 16.9 Å². The zero-order chi connectivity index (χ0) is 19.1. The fraction of sp³-hybridized carbons (Fsp3) is 0.263. The number of nitrogens with one attached hydrogen (secondary N) is 1. The van der Waals surface area contributed by atoms with Crippen molar-refractivity contribution in [2.24, 2.45) is 0 Å². The van der Waals surface area contributed by atoms with E-state index in [2.05, 4.69) is 5.32 Å². The second-order valence-electron chi connectivity index (χ2n) is 7.07. The van der Waals surface area contributed by atoms with E-state index in [1.165, 1.54) is 27.6 Å². The summed E-state index contributed by atoms with van der Waals surface area (Å²) in [5.41, 5.74) is 0.0899. The van der Waals surface area contributed by atoms with Crippen LogP contribution in [0.2, 0.25) is 5.02 Å². The Bertz CT molecular complexity index is 1050. The minimum absolute atomic E-state index is 0.133. The van der Waals surface area contributed by atoms with Crippen LogP contribution in [0.25, 0.3) is 10.9 Å². The van der Waals surface area contributed by atoms with Gasteiger partial charge in [0.05, 0.1) is 16.4 Å². The first-order chi connectivity index (χ1) is 12.2. The van der Waals surface area contributed by atoms with Crippen LogP contribution in [0.5, 0.6) is 0 Å². The van der Waals surface area contributed by atoms with Gasteiger partial charge in [-0.2, -0.15) is 0 Å². The molecular formula is C19H19ClFN3O2. The summed E-state index contributed by atoms with van der Waals surface area (Å²) in [6.07, 6.45) is 0. The quantitative estimate of drug-likeness (QED) is 0.752. The molecule has 26 heavy (non-hydrogen) atoms. The Morgan fingerprint density at radius 2 is 1.92 bits per heavy atom. The van der Waals surface area contributed by atoms with Crippen molar-refractivity contribution in [3.05, 3.63) is 63.7 Å². The summed E-state index contributed by atoms with van der Waals surface area (Å²) in [5.74, 6) is -0.806. The Morgan fingerprint density at radius 1 is 1.19 bits per heavy atom. The molecule has 0 radical (unpaired) electrons. The minimum Gasteiger partial charge on any atom is -0.324 e. The molecule has 0 aliphatic rings. The molecule has 0 saturated heterocycles. The lowest BCUT2D eigenvalue weighted by Crippen LogP contribution is -2.38. The van der Waals surface area contributed by atoms with Crippen molar-refractivity contribution in [1.82, 2.24) is 9.36 Å². The molecule has 3 aromatic rings. The van der Waals surface area contributed by atoms with Gasteiger partial charge in [-0.05, 0) is 57.2 Å². The normalized spacial score (nSPS) is 11.7. The summed E-state index contributed by atoms with van der Waals surface area (Å²) in [6, 6.07) is 10.7. The Hall–Kier alpha value is -2.60. The summed E-state index contributed by atoms with van der Waals surface area (Å²) in [4.78, 5) is 25.3. The monoisotopic (exact) mass is 375 g/mol. The largest absolute Gasteiger partial charge is 0.324 e. The Kier molecular flexibility index (Phi) is 4.63. The third-order valence-corrected chi connectivity index (χ3v) is 4.17. The smallest absolute Gasteiger partial charge is 0.275 e. The van der Waals surface area contributed by atoms with Crippen LogP contribution in [-0.4, -0.2) is 15.3 Å². The molecule has 0 fully saturated rings. The van der Waals surface area contributed by atoms with Crippen LogP contribution < -0.4 is 10.9 Å². The van der Waals surface area contributed by atoms with E-state index < -0.39 is 11.4 Å². The molecule has 0 unspecified atom stereocenters. The average Bonchev–Trinajstić information content (AvgIpc) is 2.79. The van der Waals surface area contributed by atoms with Crippen LogP contribution in [0.4, 0.5) is 10.1 Å².